The average molecular weight is 256 g/mol. The molecule has 2 heterocycles. The molecule has 0 saturated carbocycles. The van der Waals surface area contributed by atoms with Gasteiger partial charge in [0.25, 0.3) is 0 Å². The first-order valence-corrected chi connectivity index (χ1v) is 6.24. The number of hydrogen-bond donors (Lipinski definition) is 1. The summed E-state index contributed by atoms with van der Waals surface area (Å²) in [5.41, 5.74) is 2.47. The number of carboxylic acids is 1. The van der Waals surface area contributed by atoms with E-state index in [1.165, 1.54) is 11.3 Å². The SMILES string of the molecule is Cn1c(SCC(=O)O)nnc1-c1cscn1. The summed E-state index contributed by atoms with van der Waals surface area (Å²) in [5.74, 6) is -0.249. The first kappa shape index (κ1) is 11.1. The quantitative estimate of drug-likeness (QED) is 0.825. The highest BCUT2D eigenvalue weighted by atomic mass is 32.2. The van der Waals surface area contributed by atoms with E-state index in [0.717, 1.165) is 17.5 Å². The summed E-state index contributed by atoms with van der Waals surface area (Å²) in [6.45, 7) is 0. The molecule has 0 unspecified atom stereocenters. The lowest BCUT2D eigenvalue weighted by molar-refractivity contribution is -0.133. The minimum absolute atomic E-state index is 0.0248. The van der Waals surface area contributed by atoms with Crippen LogP contribution in [0.3, 0.4) is 0 Å². The van der Waals surface area contributed by atoms with Crippen LogP contribution < -0.4 is 0 Å². The van der Waals surface area contributed by atoms with E-state index in [-0.39, 0.29) is 5.75 Å². The van der Waals surface area contributed by atoms with Crippen molar-refractivity contribution in [3.63, 3.8) is 0 Å². The molecule has 0 aliphatic rings. The molecular weight excluding hydrogens is 248 g/mol. The fraction of sp³-hybridized carbons (Fsp3) is 0.250. The number of rotatable bonds is 4. The van der Waals surface area contributed by atoms with E-state index in [2.05, 4.69) is 15.2 Å². The number of thiazole rings is 1. The minimum Gasteiger partial charge on any atom is -0.481 e. The van der Waals surface area contributed by atoms with Gasteiger partial charge in [-0.25, -0.2) is 4.98 Å². The van der Waals surface area contributed by atoms with Gasteiger partial charge in [-0.15, -0.1) is 21.5 Å². The molecule has 8 heteroatoms. The molecule has 1 N–H and O–H groups in total. The number of carboxylic acid groups (broad SMARTS) is 1. The van der Waals surface area contributed by atoms with Gasteiger partial charge in [0.2, 0.25) is 0 Å². The highest BCUT2D eigenvalue weighted by Gasteiger charge is 2.13. The molecule has 0 bridgehead atoms. The van der Waals surface area contributed by atoms with E-state index in [1.54, 1.807) is 17.1 Å². The van der Waals surface area contributed by atoms with E-state index >= 15 is 0 Å². The van der Waals surface area contributed by atoms with Gasteiger partial charge in [0.05, 0.1) is 11.3 Å². The predicted molar refractivity (Wildman–Crippen MR) is 60.5 cm³/mol. The van der Waals surface area contributed by atoms with Crippen LogP contribution in [0.2, 0.25) is 0 Å². The van der Waals surface area contributed by atoms with Crippen molar-refractivity contribution in [1.82, 2.24) is 19.7 Å². The van der Waals surface area contributed by atoms with Crippen molar-refractivity contribution in [2.45, 2.75) is 5.16 Å². The summed E-state index contributed by atoms with van der Waals surface area (Å²) in [7, 11) is 1.79. The van der Waals surface area contributed by atoms with E-state index in [4.69, 9.17) is 5.11 Å². The molecule has 2 aromatic heterocycles. The Morgan fingerprint density at radius 1 is 1.62 bits per heavy atom. The summed E-state index contributed by atoms with van der Waals surface area (Å²) in [5, 5.41) is 18.9. The molecule has 2 rings (SSSR count). The number of aromatic nitrogens is 4. The Bertz CT molecular complexity index is 494. The molecule has 2 aromatic rings. The van der Waals surface area contributed by atoms with Gasteiger partial charge in [-0.2, -0.15) is 0 Å². The van der Waals surface area contributed by atoms with Crippen LogP contribution >= 0.6 is 23.1 Å². The molecule has 0 spiro atoms. The van der Waals surface area contributed by atoms with Gasteiger partial charge in [0.15, 0.2) is 11.0 Å². The lowest BCUT2D eigenvalue weighted by Crippen LogP contribution is -2.01. The van der Waals surface area contributed by atoms with Crippen molar-refractivity contribution in [3.8, 4) is 11.5 Å². The van der Waals surface area contributed by atoms with Gasteiger partial charge in [0, 0.05) is 12.4 Å². The van der Waals surface area contributed by atoms with Gasteiger partial charge < -0.3 is 9.67 Å². The molecule has 0 saturated heterocycles. The Kier molecular flexibility index (Phi) is 3.20. The van der Waals surface area contributed by atoms with Crippen molar-refractivity contribution >= 4 is 29.1 Å². The molecule has 0 amide bonds. The zero-order chi connectivity index (χ0) is 11.5. The largest absolute Gasteiger partial charge is 0.481 e. The Morgan fingerprint density at radius 2 is 2.44 bits per heavy atom. The summed E-state index contributed by atoms with van der Waals surface area (Å²) in [4.78, 5) is 14.6. The van der Waals surface area contributed by atoms with Crippen molar-refractivity contribution in [2.75, 3.05) is 5.75 Å². The number of hydrogen-bond acceptors (Lipinski definition) is 6. The lowest BCUT2D eigenvalue weighted by atomic mass is 10.5. The molecule has 16 heavy (non-hydrogen) atoms. The third kappa shape index (κ3) is 2.22. The molecule has 0 atom stereocenters. The molecule has 0 aromatic carbocycles. The molecule has 0 fully saturated rings. The monoisotopic (exact) mass is 256 g/mol. The third-order valence-electron chi connectivity index (χ3n) is 1.82. The smallest absolute Gasteiger partial charge is 0.313 e. The van der Waals surface area contributed by atoms with E-state index in [9.17, 15) is 4.79 Å². The van der Waals surface area contributed by atoms with Gasteiger partial charge in [0.1, 0.15) is 5.69 Å². The number of carbonyl (C=O) groups is 1. The van der Waals surface area contributed by atoms with Crippen LogP contribution in [0.15, 0.2) is 16.0 Å². The van der Waals surface area contributed by atoms with Crippen LogP contribution in [0.5, 0.6) is 0 Å². The Hall–Kier alpha value is -1.41. The van der Waals surface area contributed by atoms with Gasteiger partial charge in [-0.3, -0.25) is 4.79 Å². The van der Waals surface area contributed by atoms with Crippen molar-refractivity contribution in [2.24, 2.45) is 7.05 Å². The van der Waals surface area contributed by atoms with Crippen LogP contribution in [0.1, 0.15) is 0 Å². The third-order valence-corrected chi connectivity index (χ3v) is 3.41. The normalized spacial score (nSPS) is 10.6. The summed E-state index contributed by atoms with van der Waals surface area (Å²) >= 11 is 2.62. The zero-order valence-corrected chi connectivity index (χ0v) is 9.96. The Morgan fingerprint density at radius 3 is 3.06 bits per heavy atom. The van der Waals surface area contributed by atoms with Gasteiger partial charge >= 0.3 is 5.97 Å². The zero-order valence-electron chi connectivity index (χ0n) is 8.32. The highest BCUT2D eigenvalue weighted by molar-refractivity contribution is 7.99. The van der Waals surface area contributed by atoms with Crippen LogP contribution in [0.25, 0.3) is 11.5 Å². The summed E-state index contributed by atoms with van der Waals surface area (Å²) in [6, 6.07) is 0. The van der Waals surface area contributed by atoms with E-state index < -0.39 is 5.97 Å². The van der Waals surface area contributed by atoms with Gasteiger partial charge in [-0.05, 0) is 0 Å². The number of thioether (sulfide) groups is 1. The molecule has 0 radical (unpaired) electrons. The standard InChI is InChI=1S/C8H8N4O2S2/c1-12-7(5-2-15-4-9-5)10-11-8(12)16-3-6(13)14/h2,4H,3H2,1H3,(H,13,14). The second-order valence-electron chi connectivity index (χ2n) is 2.92. The van der Waals surface area contributed by atoms with Crippen molar-refractivity contribution < 1.29 is 9.90 Å². The van der Waals surface area contributed by atoms with Crippen molar-refractivity contribution in [1.29, 1.82) is 0 Å². The maximum Gasteiger partial charge on any atom is 0.313 e. The second kappa shape index (κ2) is 4.62. The minimum atomic E-state index is -0.872. The molecule has 0 aliphatic carbocycles. The maximum atomic E-state index is 10.4. The molecule has 6 nitrogen and oxygen atoms in total. The average Bonchev–Trinajstić information content (AvgIpc) is 2.84. The van der Waals surface area contributed by atoms with Crippen LogP contribution in [-0.2, 0) is 11.8 Å². The van der Waals surface area contributed by atoms with E-state index in [0.29, 0.717) is 11.0 Å². The summed E-state index contributed by atoms with van der Waals surface area (Å²) in [6.07, 6.45) is 0. The fourth-order valence-electron chi connectivity index (χ4n) is 1.11. The first-order chi connectivity index (χ1) is 7.68. The summed E-state index contributed by atoms with van der Waals surface area (Å²) < 4.78 is 1.74. The maximum absolute atomic E-state index is 10.4. The molecular formula is C8H8N4O2S2. The van der Waals surface area contributed by atoms with Crippen LogP contribution in [0.4, 0.5) is 0 Å². The molecule has 84 valence electrons. The Labute approximate surface area is 99.3 Å². The van der Waals surface area contributed by atoms with Crippen LogP contribution in [-0.4, -0.2) is 36.6 Å². The number of aliphatic carboxylic acids is 1. The van der Waals surface area contributed by atoms with Crippen LogP contribution in [0, 0.1) is 0 Å². The number of nitrogens with zero attached hydrogens (tertiary/aromatic N) is 4. The highest BCUT2D eigenvalue weighted by Crippen LogP contribution is 2.21. The topological polar surface area (TPSA) is 80.9 Å². The van der Waals surface area contributed by atoms with Crippen molar-refractivity contribution in [3.05, 3.63) is 10.9 Å². The fourth-order valence-corrected chi connectivity index (χ4v) is 2.27. The predicted octanol–water partition coefficient (Wildman–Crippen LogP) is 1.12. The Balaban J connectivity index is 2.21. The van der Waals surface area contributed by atoms with Gasteiger partial charge in [-0.1, -0.05) is 11.8 Å². The van der Waals surface area contributed by atoms with E-state index in [1.807, 2.05) is 5.38 Å². The second-order valence-corrected chi connectivity index (χ2v) is 4.58. The molecule has 0 aliphatic heterocycles. The lowest BCUT2D eigenvalue weighted by Gasteiger charge is -1.99. The first-order valence-electron chi connectivity index (χ1n) is 4.31.